The Hall–Kier alpha value is -1.02. The highest BCUT2D eigenvalue weighted by Crippen LogP contribution is 2.25. The van der Waals surface area contributed by atoms with Crippen LogP contribution in [0.4, 0.5) is 0 Å². The third-order valence-electron chi connectivity index (χ3n) is 2.48. The van der Waals surface area contributed by atoms with Crippen LogP contribution < -0.4 is 4.74 Å². The molecule has 1 aromatic carbocycles. The highest BCUT2D eigenvalue weighted by Gasteiger charge is 2.08. The van der Waals surface area contributed by atoms with Crippen molar-refractivity contribution in [3.8, 4) is 5.75 Å². The fourth-order valence-electron chi connectivity index (χ4n) is 1.51. The van der Waals surface area contributed by atoms with Crippen LogP contribution >= 0.6 is 11.6 Å². The summed E-state index contributed by atoms with van der Waals surface area (Å²) in [6, 6.07) is 5.16. The topological polar surface area (TPSA) is 26.3 Å². The molecule has 1 aromatic rings. The molecular weight excluding hydrogens is 224 g/mol. The first-order valence-corrected chi connectivity index (χ1v) is 5.93. The van der Waals surface area contributed by atoms with Gasteiger partial charge in [0.1, 0.15) is 5.75 Å². The average molecular weight is 241 g/mol. The van der Waals surface area contributed by atoms with E-state index in [-0.39, 0.29) is 5.78 Å². The van der Waals surface area contributed by atoms with Gasteiger partial charge in [-0.1, -0.05) is 31.4 Å². The van der Waals surface area contributed by atoms with Gasteiger partial charge in [-0.15, -0.1) is 0 Å². The molecule has 0 unspecified atom stereocenters. The van der Waals surface area contributed by atoms with E-state index in [9.17, 15) is 4.79 Å². The van der Waals surface area contributed by atoms with Gasteiger partial charge in [-0.25, -0.2) is 0 Å². The first-order chi connectivity index (χ1) is 7.69. The maximum Gasteiger partial charge on any atom is 0.163 e. The summed E-state index contributed by atoms with van der Waals surface area (Å²) in [5, 5.41) is 0.535. The van der Waals surface area contributed by atoms with Crippen LogP contribution in [0.5, 0.6) is 5.75 Å². The smallest absolute Gasteiger partial charge is 0.163 e. The van der Waals surface area contributed by atoms with Gasteiger partial charge in [0.25, 0.3) is 0 Å². The summed E-state index contributed by atoms with van der Waals surface area (Å²) in [7, 11) is 1.55. The second-order valence-corrected chi connectivity index (χ2v) is 4.14. The monoisotopic (exact) mass is 240 g/mol. The van der Waals surface area contributed by atoms with Gasteiger partial charge in [0.2, 0.25) is 0 Å². The van der Waals surface area contributed by atoms with Gasteiger partial charge in [-0.2, -0.15) is 0 Å². The first-order valence-electron chi connectivity index (χ1n) is 5.55. The van der Waals surface area contributed by atoms with Crippen molar-refractivity contribution in [2.45, 2.75) is 32.6 Å². The summed E-state index contributed by atoms with van der Waals surface area (Å²) in [5.41, 5.74) is 0.678. The number of benzene rings is 1. The molecule has 1 rings (SSSR count). The van der Waals surface area contributed by atoms with Gasteiger partial charge < -0.3 is 4.74 Å². The van der Waals surface area contributed by atoms with Crippen molar-refractivity contribution < 1.29 is 9.53 Å². The summed E-state index contributed by atoms with van der Waals surface area (Å²) in [5.74, 6) is 0.714. The first kappa shape index (κ1) is 13.0. The lowest BCUT2D eigenvalue weighted by Gasteiger charge is -2.05. The molecule has 0 aliphatic carbocycles. The van der Waals surface area contributed by atoms with Crippen molar-refractivity contribution in [2.75, 3.05) is 7.11 Å². The number of hydrogen-bond acceptors (Lipinski definition) is 2. The fraction of sp³-hybridized carbons (Fsp3) is 0.462. The number of Topliss-reactive ketones (excluding diaryl/α,β-unsaturated/α-hetero) is 1. The largest absolute Gasteiger partial charge is 0.495 e. The van der Waals surface area contributed by atoms with Crippen LogP contribution in [0.3, 0.4) is 0 Å². The van der Waals surface area contributed by atoms with Crippen LogP contribution in [0.2, 0.25) is 5.02 Å². The van der Waals surface area contributed by atoms with Crippen molar-refractivity contribution in [3.63, 3.8) is 0 Å². The van der Waals surface area contributed by atoms with Crippen molar-refractivity contribution in [1.29, 1.82) is 0 Å². The van der Waals surface area contributed by atoms with E-state index in [0.717, 1.165) is 19.3 Å². The zero-order chi connectivity index (χ0) is 12.0. The van der Waals surface area contributed by atoms with Crippen LogP contribution in [0.25, 0.3) is 0 Å². The highest BCUT2D eigenvalue weighted by atomic mass is 35.5. The normalized spacial score (nSPS) is 10.2. The maximum absolute atomic E-state index is 11.8. The number of ketones is 1. The van der Waals surface area contributed by atoms with E-state index < -0.39 is 0 Å². The molecular formula is C13H17ClO2. The van der Waals surface area contributed by atoms with E-state index >= 15 is 0 Å². The molecule has 2 nitrogen and oxygen atoms in total. The maximum atomic E-state index is 11.8. The standard InChI is InChI=1S/C13H17ClO2/c1-3-4-5-6-12(15)10-7-8-11(14)13(9-10)16-2/h7-9H,3-6H2,1-2H3. The molecule has 0 radical (unpaired) electrons. The van der Waals surface area contributed by atoms with E-state index in [2.05, 4.69) is 6.92 Å². The Morgan fingerprint density at radius 2 is 2.12 bits per heavy atom. The Morgan fingerprint density at radius 3 is 2.75 bits per heavy atom. The van der Waals surface area contributed by atoms with E-state index in [0.29, 0.717) is 22.8 Å². The molecule has 0 atom stereocenters. The average Bonchev–Trinajstić information content (AvgIpc) is 2.30. The summed E-state index contributed by atoms with van der Waals surface area (Å²) < 4.78 is 5.08. The molecule has 0 saturated carbocycles. The lowest BCUT2D eigenvalue weighted by Crippen LogP contribution is -1.99. The second kappa shape index (κ2) is 6.54. The van der Waals surface area contributed by atoms with E-state index in [1.54, 1.807) is 25.3 Å². The minimum absolute atomic E-state index is 0.156. The van der Waals surface area contributed by atoms with E-state index in [1.165, 1.54) is 0 Å². The third kappa shape index (κ3) is 3.53. The molecule has 0 bridgehead atoms. The minimum atomic E-state index is 0.156. The van der Waals surface area contributed by atoms with E-state index in [4.69, 9.17) is 16.3 Å². The number of unbranched alkanes of at least 4 members (excludes halogenated alkanes) is 2. The number of methoxy groups -OCH3 is 1. The van der Waals surface area contributed by atoms with Gasteiger partial charge in [-0.05, 0) is 24.6 Å². The Bertz CT molecular complexity index is 361. The summed E-state index contributed by atoms with van der Waals surface area (Å²) in [6.07, 6.45) is 3.76. The molecule has 0 heterocycles. The highest BCUT2D eigenvalue weighted by molar-refractivity contribution is 6.32. The molecule has 0 aliphatic rings. The van der Waals surface area contributed by atoms with Crippen LogP contribution in [0.1, 0.15) is 43.0 Å². The zero-order valence-electron chi connectivity index (χ0n) is 9.75. The van der Waals surface area contributed by atoms with Crippen LogP contribution in [-0.2, 0) is 0 Å². The number of ether oxygens (including phenoxy) is 1. The third-order valence-corrected chi connectivity index (χ3v) is 2.79. The Morgan fingerprint density at radius 1 is 1.38 bits per heavy atom. The number of hydrogen-bond donors (Lipinski definition) is 0. The predicted molar refractivity (Wildman–Crippen MR) is 66.5 cm³/mol. The molecule has 0 fully saturated rings. The van der Waals surface area contributed by atoms with Crippen LogP contribution in [0.15, 0.2) is 18.2 Å². The zero-order valence-corrected chi connectivity index (χ0v) is 10.5. The van der Waals surface area contributed by atoms with Gasteiger partial charge in [0, 0.05) is 12.0 Å². The fourth-order valence-corrected chi connectivity index (χ4v) is 1.71. The molecule has 0 spiro atoms. The minimum Gasteiger partial charge on any atom is -0.495 e. The number of carbonyl (C=O) groups excluding carboxylic acids is 1. The van der Waals surface area contributed by atoms with Gasteiger partial charge in [0.05, 0.1) is 12.1 Å². The SMILES string of the molecule is CCCCCC(=O)c1ccc(Cl)c(OC)c1. The van der Waals surface area contributed by atoms with Crippen molar-refractivity contribution in [3.05, 3.63) is 28.8 Å². The molecule has 0 N–H and O–H groups in total. The molecule has 0 saturated heterocycles. The molecule has 0 aromatic heterocycles. The van der Waals surface area contributed by atoms with Crippen molar-refractivity contribution >= 4 is 17.4 Å². The molecule has 0 amide bonds. The number of carbonyl (C=O) groups is 1. The van der Waals surface area contributed by atoms with Crippen molar-refractivity contribution in [1.82, 2.24) is 0 Å². The lowest BCUT2D eigenvalue weighted by atomic mass is 10.0. The van der Waals surface area contributed by atoms with Crippen molar-refractivity contribution in [2.24, 2.45) is 0 Å². The summed E-state index contributed by atoms with van der Waals surface area (Å²) in [4.78, 5) is 11.8. The predicted octanol–water partition coefficient (Wildman–Crippen LogP) is 4.11. The van der Waals surface area contributed by atoms with Crippen LogP contribution in [-0.4, -0.2) is 12.9 Å². The molecule has 88 valence electrons. The number of halogens is 1. The quantitative estimate of drug-likeness (QED) is 0.553. The Labute approximate surface area is 102 Å². The summed E-state index contributed by atoms with van der Waals surface area (Å²) >= 11 is 5.89. The molecule has 16 heavy (non-hydrogen) atoms. The summed E-state index contributed by atoms with van der Waals surface area (Å²) in [6.45, 7) is 2.12. The second-order valence-electron chi connectivity index (χ2n) is 3.73. The Kier molecular flexibility index (Phi) is 5.33. The molecule has 3 heteroatoms. The Balaban J connectivity index is 2.68. The number of rotatable bonds is 6. The van der Waals surface area contributed by atoms with Gasteiger partial charge >= 0.3 is 0 Å². The van der Waals surface area contributed by atoms with Crippen LogP contribution in [0, 0.1) is 0 Å². The van der Waals surface area contributed by atoms with Gasteiger partial charge in [0.15, 0.2) is 5.78 Å². The van der Waals surface area contributed by atoms with E-state index in [1.807, 2.05) is 0 Å². The molecule has 0 aliphatic heterocycles. The lowest BCUT2D eigenvalue weighted by molar-refractivity contribution is 0.0979. The van der Waals surface area contributed by atoms with Gasteiger partial charge in [-0.3, -0.25) is 4.79 Å².